The number of hydrogen-bond acceptors (Lipinski definition) is 10. The van der Waals surface area contributed by atoms with Crippen LogP contribution in [0.25, 0.3) is 10.9 Å². The van der Waals surface area contributed by atoms with E-state index in [4.69, 9.17) is 38.1 Å². The van der Waals surface area contributed by atoms with E-state index in [1.165, 1.54) is 6.26 Å². The Morgan fingerprint density at radius 3 is 2.50 bits per heavy atom. The van der Waals surface area contributed by atoms with Gasteiger partial charge in [-0.05, 0) is 32.0 Å². The van der Waals surface area contributed by atoms with Gasteiger partial charge in [0.05, 0.1) is 38.0 Å². The molecule has 36 heavy (non-hydrogen) atoms. The first kappa shape index (κ1) is 24.1. The van der Waals surface area contributed by atoms with Gasteiger partial charge in [0.15, 0.2) is 23.0 Å². The van der Waals surface area contributed by atoms with Crippen LogP contribution in [0.4, 0.5) is 5.95 Å². The fourth-order valence-corrected chi connectivity index (χ4v) is 4.35. The molecule has 5 rings (SSSR count). The number of ether oxygens (including phenoxy) is 5. The summed E-state index contributed by atoms with van der Waals surface area (Å²) in [4.78, 5) is 26.0. The second kappa shape index (κ2) is 9.82. The maximum atomic E-state index is 12.6. The molecule has 0 radical (unpaired) electrons. The molecule has 0 bridgehead atoms. The highest BCUT2D eigenvalue weighted by molar-refractivity contribution is 5.91. The molecule has 2 fully saturated rings. The van der Waals surface area contributed by atoms with Crippen LogP contribution in [0.1, 0.15) is 24.4 Å². The lowest BCUT2D eigenvalue weighted by atomic mass is 10.2. The van der Waals surface area contributed by atoms with Gasteiger partial charge >= 0.3 is 0 Å². The van der Waals surface area contributed by atoms with Gasteiger partial charge in [0.25, 0.3) is 5.91 Å². The number of carbonyl (C=O) groups is 1. The Labute approximate surface area is 208 Å². The van der Waals surface area contributed by atoms with Crippen molar-refractivity contribution in [1.29, 1.82) is 0 Å². The number of benzene rings is 1. The molecule has 192 valence electrons. The van der Waals surface area contributed by atoms with Gasteiger partial charge in [-0.15, -0.1) is 0 Å². The third kappa shape index (κ3) is 4.89. The molecule has 0 saturated carbocycles. The van der Waals surface area contributed by atoms with Gasteiger partial charge in [0.1, 0.15) is 12.7 Å². The summed E-state index contributed by atoms with van der Waals surface area (Å²) < 4.78 is 33.9. The van der Waals surface area contributed by atoms with E-state index < -0.39 is 5.79 Å². The molecule has 1 unspecified atom stereocenters. The zero-order valence-electron chi connectivity index (χ0n) is 20.9. The Morgan fingerprint density at radius 1 is 1.11 bits per heavy atom. The first-order valence-electron chi connectivity index (χ1n) is 11.8. The normalized spacial score (nSPS) is 19.5. The minimum absolute atomic E-state index is 0.123. The van der Waals surface area contributed by atoms with Crippen LogP contribution >= 0.6 is 0 Å². The van der Waals surface area contributed by atoms with Crippen LogP contribution in [0.5, 0.6) is 17.4 Å². The molecular formula is C25H30N4O7. The van der Waals surface area contributed by atoms with Crippen molar-refractivity contribution in [2.45, 2.75) is 25.7 Å². The second-order valence-electron chi connectivity index (χ2n) is 9.07. The van der Waals surface area contributed by atoms with Crippen molar-refractivity contribution in [2.24, 2.45) is 0 Å². The number of rotatable bonds is 7. The van der Waals surface area contributed by atoms with Crippen LogP contribution in [-0.2, 0) is 9.47 Å². The number of furan rings is 1. The predicted molar refractivity (Wildman–Crippen MR) is 130 cm³/mol. The molecule has 0 aliphatic carbocycles. The molecule has 3 aromatic rings. The van der Waals surface area contributed by atoms with Crippen molar-refractivity contribution in [1.82, 2.24) is 14.9 Å². The maximum Gasteiger partial charge on any atom is 0.289 e. The highest BCUT2D eigenvalue weighted by Gasteiger charge is 2.33. The number of nitrogens with zero attached hydrogens (tertiary/aromatic N) is 4. The molecule has 1 amide bonds. The van der Waals surface area contributed by atoms with Gasteiger partial charge in [-0.2, -0.15) is 4.98 Å². The minimum atomic E-state index is -0.643. The molecule has 11 heteroatoms. The number of fused-ring (bicyclic) bond motifs is 1. The number of aromatic nitrogens is 2. The summed E-state index contributed by atoms with van der Waals surface area (Å²) in [6.45, 7) is 6.63. The number of amides is 1. The number of methoxy groups -OCH3 is 2. The summed E-state index contributed by atoms with van der Waals surface area (Å²) in [5, 5.41) is 0.696. The van der Waals surface area contributed by atoms with Gasteiger partial charge in [-0.3, -0.25) is 4.79 Å². The van der Waals surface area contributed by atoms with Crippen LogP contribution in [-0.4, -0.2) is 86.3 Å². The first-order chi connectivity index (χ1) is 17.4. The third-order valence-electron chi connectivity index (χ3n) is 6.21. The molecule has 4 heterocycles. The Hall–Kier alpha value is -3.57. The van der Waals surface area contributed by atoms with E-state index in [2.05, 4.69) is 0 Å². The standard InChI is InChI=1S/C25H30N4O7/c1-25(2)35-15-16(36-25)14-34-22-17-12-20(31-3)21(32-4)13-18(17)26-24(27-22)29-9-7-28(8-10-29)23(30)19-6-5-11-33-19/h5-6,11-13,16H,7-10,14-15H2,1-4H3. The number of carbonyl (C=O) groups excluding carboxylic acids is 1. The molecule has 11 nitrogen and oxygen atoms in total. The summed E-state index contributed by atoms with van der Waals surface area (Å²) in [5.41, 5.74) is 0.658. The highest BCUT2D eigenvalue weighted by Crippen LogP contribution is 2.36. The number of anilines is 1. The van der Waals surface area contributed by atoms with Crippen molar-refractivity contribution in [3.8, 4) is 17.4 Å². The summed E-state index contributed by atoms with van der Waals surface area (Å²) in [7, 11) is 3.16. The maximum absolute atomic E-state index is 12.6. The molecule has 2 aliphatic heterocycles. The van der Waals surface area contributed by atoms with Gasteiger partial charge in [-0.1, -0.05) is 0 Å². The topological polar surface area (TPSA) is 109 Å². The van der Waals surface area contributed by atoms with Crippen LogP contribution in [0, 0.1) is 0 Å². The Kier molecular flexibility index (Phi) is 6.59. The Bertz CT molecular complexity index is 1220. The SMILES string of the molecule is COc1cc2nc(N3CCN(C(=O)c4ccco4)CC3)nc(OCC3COC(C)(C)O3)c2cc1OC. The summed E-state index contributed by atoms with van der Waals surface area (Å²) in [6, 6.07) is 7.00. The average Bonchev–Trinajstić information content (AvgIpc) is 3.55. The molecule has 0 spiro atoms. The summed E-state index contributed by atoms with van der Waals surface area (Å²) >= 11 is 0. The molecule has 1 aromatic carbocycles. The van der Waals surface area contributed by atoms with Crippen LogP contribution in [0.15, 0.2) is 34.9 Å². The number of hydrogen-bond donors (Lipinski definition) is 0. The average molecular weight is 499 g/mol. The number of piperazine rings is 1. The highest BCUT2D eigenvalue weighted by atomic mass is 16.7. The fraction of sp³-hybridized carbons (Fsp3) is 0.480. The lowest BCUT2D eigenvalue weighted by Gasteiger charge is -2.34. The van der Waals surface area contributed by atoms with Gasteiger partial charge < -0.3 is 37.9 Å². The Balaban J connectivity index is 1.39. The quantitative estimate of drug-likeness (QED) is 0.482. The van der Waals surface area contributed by atoms with E-state index in [0.717, 1.165) is 0 Å². The van der Waals surface area contributed by atoms with E-state index in [-0.39, 0.29) is 18.6 Å². The van der Waals surface area contributed by atoms with E-state index in [9.17, 15) is 4.79 Å². The second-order valence-corrected chi connectivity index (χ2v) is 9.07. The van der Waals surface area contributed by atoms with Crippen molar-refractivity contribution in [2.75, 3.05) is 58.5 Å². The zero-order chi connectivity index (χ0) is 25.3. The van der Waals surface area contributed by atoms with Gasteiger partial charge in [-0.25, -0.2) is 4.98 Å². The molecule has 0 N–H and O–H groups in total. The monoisotopic (exact) mass is 498 g/mol. The van der Waals surface area contributed by atoms with E-state index in [0.29, 0.717) is 72.8 Å². The summed E-state index contributed by atoms with van der Waals surface area (Å²) in [5.74, 6) is 1.61. The van der Waals surface area contributed by atoms with Crippen molar-refractivity contribution in [3.63, 3.8) is 0 Å². The molecule has 2 aromatic heterocycles. The summed E-state index contributed by atoms with van der Waals surface area (Å²) in [6.07, 6.45) is 1.28. The van der Waals surface area contributed by atoms with E-state index in [1.807, 2.05) is 24.8 Å². The van der Waals surface area contributed by atoms with Crippen molar-refractivity contribution in [3.05, 3.63) is 36.3 Å². The van der Waals surface area contributed by atoms with E-state index >= 15 is 0 Å². The van der Waals surface area contributed by atoms with Gasteiger partial charge in [0.2, 0.25) is 11.8 Å². The van der Waals surface area contributed by atoms with Crippen LogP contribution < -0.4 is 19.1 Å². The van der Waals surface area contributed by atoms with E-state index in [1.54, 1.807) is 37.3 Å². The third-order valence-corrected chi connectivity index (χ3v) is 6.21. The minimum Gasteiger partial charge on any atom is -0.493 e. The van der Waals surface area contributed by atoms with Crippen LogP contribution in [0.3, 0.4) is 0 Å². The fourth-order valence-electron chi connectivity index (χ4n) is 4.35. The Morgan fingerprint density at radius 2 is 1.86 bits per heavy atom. The zero-order valence-corrected chi connectivity index (χ0v) is 20.9. The lowest BCUT2D eigenvalue weighted by molar-refractivity contribution is -0.141. The smallest absolute Gasteiger partial charge is 0.289 e. The largest absolute Gasteiger partial charge is 0.493 e. The van der Waals surface area contributed by atoms with Crippen molar-refractivity contribution < 1.29 is 32.9 Å². The van der Waals surface area contributed by atoms with Gasteiger partial charge in [0, 0.05) is 32.2 Å². The molecule has 2 saturated heterocycles. The molecule has 2 aliphatic rings. The molecular weight excluding hydrogens is 468 g/mol. The first-order valence-corrected chi connectivity index (χ1v) is 11.8. The predicted octanol–water partition coefficient (Wildman–Crippen LogP) is 2.73. The lowest BCUT2D eigenvalue weighted by Crippen LogP contribution is -2.49. The van der Waals surface area contributed by atoms with Crippen molar-refractivity contribution >= 4 is 22.8 Å². The molecule has 1 atom stereocenters. The van der Waals surface area contributed by atoms with Crippen LogP contribution in [0.2, 0.25) is 0 Å².